The van der Waals surface area contributed by atoms with E-state index >= 15 is 0 Å². The lowest BCUT2D eigenvalue weighted by atomic mass is 9.87. The molecule has 0 aromatic heterocycles. The molecule has 0 saturated carbocycles. The number of non-ortho nitro benzene ring substituents is 2. The van der Waals surface area contributed by atoms with Gasteiger partial charge >= 0.3 is 5.97 Å². The van der Waals surface area contributed by atoms with Crippen molar-refractivity contribution in [1.29, 1.82) is 0 Å². The fourth-order valence-corrected chi connectivity index (χ4v) is 2.91. The summed E-state index contributed by atoms with van der Waals surface area (Å²) in [5.41, 5.74) is -0.0724. The topological polar surface area (TPSA) is 113 Å². The van der Waals surface area contributed by atoms with Gasteiger partial charge in [0.1, 0.15) is 0 Å². The normalized spacial score (nSPS) is 12.6. The predicted molar refractivity (Wildman–Crippen MR) is 105 cm³/mol. The van der Waals surface area contributed by atoms with E-state index in [9.17, 15) is 25.0 Å². The van der Waals surface area contributed by atoms with Crippen LogP contribution in [-0.4, -0.2) is 15.8 Å². The van der Waals surface area contributed by atoms with Gasteiger partial charge in [0.25, 0.3) is 11.4 Å². The molecule has 0 bridgehead atoms. The summed E-state index contributed by atoms with van der Waals surface area (Å²) in [5, 5.41) is 21.7. The van der Waals surface area contributed by atoms with Gasteiger partial charge in [-0.25, -0.2) is 4.79 Å². The number of hydrogen-bond donors (Lipinski definition) is 0. The summed E-state index contributed by atoms with van der Waals surface area (Å²) in [6.07, 6.45) is 0. The number of nitrogens with zero attached hydrogens (tertiary/aromatic N) is 2. The molecule has 1 atom stereocenters. The molecular formula is C21H16N2O6. The van der Waals surface area contributed by atoms with Crippen LogP contribution in [0.4, 0.5) is 11.4 Å². The highest BCUT2D eigenvalue weighted by Gasteiger charge is 2.34. The van der Waals surface area contributed by atoms with E-state index in [1.165, 1.54) is 48.5 Å². The zero-order valence-corrected chi connectivity index (χ0v) is 15.3. The number of carbonyl (C=O) groups excluding carboxylic acids is 1. The van der Waals surface area contributed by atoms with Gasteiger partial charge in [0.15, 0.2) is 5.60 Å². The first-order valence-corrected chi connectivity index (χ1v) is 8.59. The number of ether oxygens (including phenoxy) is 1. The van der Waals surface area contributed by atoms with Crippen molar-refractivity contribution in [3.63, 3.8) is 0 Å². The Hall–Kier alpha value is -4.07. The van der Waals surface area contributed by atoms with Crippen LogP contribution in [-0.2, 0) is 10.3 Å². The van der Waals surface area contributed by atoms with E-state index in [0.29, 0.717) is 11.1 Å². The van der Waals surface area contributed by atoms with E-state index < -0.39 is 21.4 Å². The second-order valence-corrected chi connectivity index (χ2v) is 6.40. The minimum atomic E-state index is -1.23. The fraction of sp³-hybridized carbons (Fsp3) is 0.0952. The van der Waals surface area contributed by atoms with Gasteiger partial charge in [0.2, 0.25) is 0 Å². The van der Waals surface area contributed by atoms with Gasteiger partial charge in [0.05, 0.1) is 15.4 Å². The third-order valence-electron chi connectivity index (χ3n) is 4.56. The average molecular weight is 392 g/mol. The minimum absolute atomic E-state index is 0.0779. The molecule has 0 radical (unpaired) electrons. The Kier molecular flexibility index (Phi) is 5.36. The molecule has 0 heterocycles. The van der Waals surface area contributed by atoms with Gasteiger partial charge in [-0.15, -0.1) is 0 Å². The lowest BCUT2D eigenvalue weighted by molar-refractivity contribution is -0.385. The lowest BCUT2D eigenvalue weighted by Crippen LogP contribution is -2.30. The summed E-state index contributed by atoms with van der Waals surface area (Å²) in [6, 6.07) is 19.8. The van der Waals surface area contributed by atoms with Crippen molar-refractivity contribution in [2.45, 2.75) is 12.5 Å². The second-order valence-electron chi connectivity index (χ2n) is 6.40. The van der Waals surface area contributed by atoms with Gasteiger partial charge in [-0.1, -0.05) is 30.3 Å². The van der Waals surface area contributed by atoms with Gasteiger partial charge in [-0.05, 0) is 36.8 Å². The largest absolute Gasteiger partial charge is 0.446 e. The molecule has 146 valence electrons. The van der Waals surface area contributed by atoms with Crippen LogP contribution in [0.3, 0.4) is 0 Å². The van der Waals surface area contributed by atoms with Crippen LogP contribution >= 0.6 is 0 Å². The molecule has 0 fully saturated rings. The number of carbonyl (C=O) groups is 1. The second kappa shape index (κ2) is 7.89. The number of nitro benzene ring substituents is 2. The van der Waals surface area contributed by atoms with Crippen LogP contribution in [0.25, 0.3) is 0 Å². The van der Waals surface area contributed by atoms with E-state index in [1.807, 2.05) is 6.07 Å². The maximum absolute atomic E-state index is 12.8. The Morgan fingerprint density at radius 2 is 1.21 bits per heavy atom. The van der Waals surface area contributed by atoms with Gasteiger partial charge in [0, 0.05) is 29.8 Å². The van der Waals surface area contributed by atoms with Crippen molar-refractivity contribution in [3.05, 3.63) is 116 Å². The van der Waals surface area contributed by atoms with Crippen molar-refractivity contribution < 1.29 is 19.4 Å². The number of hydrogen-bond acceptors (Lipinski definition) is 6. The molecule has 3 rings (SSSR count). The monoisotopic (exact) mass is 392 g/mol. The van der Waals surface area contributed by atoms with Crippen LogP contribution in [0.1, 0.15) is 28.4 Å². The first kappa shape index (κ1) is 19.7. The molecule has 0 N–H and O–H groups in total. The molecule has 0 aliphatic heterocycles. The van der Waals surface area contributed by atoms with Gasteiger partial charge in [-0.2, -0.15) is 0 Å². The quantitative estimate of drug-likeness (QED) is 0.343. The zero-order valence-electron chi connectivity index (χ0n) is 15.3. The summed E-state index contributed by atoms with van der Waals surface area (Å²) in [7, 11) is 0. The Morgan fingerprint density at radius 1 is 0.759 bits per heavy atom. The number of rotatable bonds is 6. The van der Waals surface area contributed by atoms with Crippen molar-refractivity contribution in [3.8, 4) is 0 Å². The molecule has 1 unspecified atom stereocenters. The fourth-order valence-electron chi connectivity index (χ4n) is 2.91. The highest BCUT2D eigenvalue weighted by Crippen LogP contribution is 2.35. The van der Waals surface area contributed by atoms with Gasteiger partial charge < -0.3 is 4.74 Å². The molecule has 0 spiro atoms. The Bertz CT molecular complexity index is 1050. The summed E-state index contributed by atoms with van der Waals surface area (Å²) in [6.45, 7) is 1.69. The van der Waals surface area contributed by atoms with E-state index in [-0.39, 0.29) is 16.9 Å². The lowest BCUT2D eigenvalue weighted by Gasteiger charge is -2.30. The third-order valence-corrected chi connectivity index (χ3v) is 4.56. The molecule has 0 amide bonds. The maximum Gasteiger partial charge on any atom is 0.339 e. The highest BCUT2D eigenvalue weighted by molar-refractivity contribution is 5.90. The molecule has 0 aliphatic carbocycles. The van der Waals surface area contributed by atoms with Crippen LogP contribution in [0.5, 0.6) is 0 Å². The summed E-state index contributed by atoms with van der Waals surface area (Å²) >= 11 is 0. The molecule has 0 saturated heterocycles. The summed E-state index contributed by atoms with van der Waals surface area (Å²) in [5.74, 6) is -0.676. The van der Waals surface area contributed by atoms with Crippen LogP contribution in [0.15, 0.2) is 78.9 Å². The van der Waals surface area contributed by atoms with E-state index in [2.05, 4.69) is 0 Å². The molecule has 8 heteroatoms. The van der Waals surface area contributed by atoms with Gasteiger partial charge in [-0.3, -0.25) is 20.2 Å². The molecule has 8 nitrogen and oxygen atoms in total. The number of nitro groups is 2. The Labute approximate surface area is 165 Å². The third kappa shape index (κ3) is 4.11. The maximum atomic E-state index is 12.8. The van der Waals surface area contributed by atoms with Crippen molar-refractivity contribution in [2.75, 3.05) is 0 Å². The van der Waals surface area contributed by atoms with E-state index in [4.69, 9.17) is 4.74 Å². The SMILES string of the molecule is CC(OC(=O)c1ccc([N+](=O)[O-])cc1)(c1ccccc1)c1ccc([N+](=O)[O-])cc1. The highest BCUT2D eigenvalue weighted by atomic mass is 16.6. The standard InChI is InChI=1S/C21H16N2O6/c1-21(16-5-3-2-4-6-16,17-9-13-19(14-10-17)23(27)28)29-20(24)15-7-11-18(12-8-15)22(25)26/h2-14H,1H3. The zero-order chi connectivity index (χ0) is 21.0. The van der Waals surface area contributed by atoms with Crippen molar-refractivity contribution in [2.24, 2.45) is 0 Å². The van der Waals surface area contributed by atoms with Crippen molar-refractivity contribution >= 4 is 17.3 Å². The van der Waals surface area contributed by atoms with Crippen LogP contribution in [0.2, 0.25) is 0 Å². The molecule has 29 heavy (non-hydrogen) atoms. The summed E-state index contributed by atoms with van der Waals surface area (Å²) in [4.78, 5) is 33.4. The Morgan fingerprint density at radius 3 is 1.69 bits per heavy atom. The van der Waals surface area contributed by atoms with Crippen LogP contribution in [0, 0.1) is 20.2 Å². The molecule has 0 aliphatic rings. The molecule has 3 aromatic carbocycles. The first-order valence-electron chi connectivity index (χ1n) is 8.59. The molecule has 3 aromatic rings. The van der Waals surface area contributed by atoms with Crippen LogP contribution < -0.4 is 0 Å². The van der Waals surface area contributed by atoms with E-state index in [1.54, 1.807) is 31.2 Å². The first-order chi connectivity index (χ1) is 13.8. The Balaban J connectivity index is 1.98. The smallest absolute Gasteiger partial charge is 0.339 e. The molecular weight excluding hydrogens is 376 g/mol. The number of benzene rings is 3. The minimum Gasteiger partial charge on any atom is -0.446 e. The summed E-state index contributed by atoms with van der Waals surface area (Å²) < 4.78 is 5.82. The number of esters is 1. The van der Waals surface area contributed by atoms with Crippen molar-refractivity contribution in [1.82, 2.24) is 0 Å². The predicted octanol–water partition coefficient (Wildman–Crippen LogP) is 4.62. The average Bonchev–Trinajstić information content (AvgIpc) is 2.74. The van der Waals surface area contributed by atoms with E-state index in [0.717, 1.165) is 0 Å².